The van der Waals surface area contributed by atoms with Gasteiger partial charge in [-0.3, -0.25) is 0 Å². The van der Waals surface area contributed by atoms with E-state index in [0.29, 0.717) is 28.2 Å². The van der Waals surface area contributed by atoms with Gasteiger partial charge in [-0.05, 0) is 46.4 Å². The van der Waals surface area contributed by atoms with Crippen LogP contribution < -0.4 is 10.0 Å². The summed E-state index contributed by atoms with van der Waals surface area (Å²) in [6, 6.07) is 5.70. The van der Waals surface area contributed by atoms with E-state index in [-0.39, 0.29) is 0 Å². The predicted molar refractivity (Wildman–Crippen MR) is 92.6 cm³/mol. The van der Waals surface area contributed by atoms with Crippen LogP contribution in [0.3, 0.4) is 0 Å². The molecule has 0 fully saturated rings. The predicted octanol–water partition coefficient (Wildman–Crippen LogP) is 3.20. The van der Waals surface area contributed by atoms with Gasteiger partial charge in [-0.25, -0.2) is 13.1 Å². The van der Waals surface area contributed by atoms with Crippen LogP contribution in [0.4, 0.5) is 0 Å². The zero-order chi connectivity index (χ0) is 15.3. The summed E-state index contributed by atoms with van der Waals surface area (Å²) < 4.78 is 27.9. The van der Waals surface area contributed by atoms with E-state index in [1.54, 1.807) is 17.4 Å². The SMILES string of the molecule is CCNCc1cc(S(=O)(=O)NCCc2cccs2)c(Br)s1. The fourth-order valence-corrected chi connectivity index (χ4v) is 6.15. The van der Waals surface area contributed by atoms with Gasteiger partial charge in [0.05, 0.1) is 3.79 Å². The van der Waals surface area contributed by atoms with Gasteiger partial charge in [0.2, 0.25) is 10.0 Å². The second-order valence-corrected chi connectivity index (χ2v) is 9.58. The van der Waals surface area contributed by atoms with Crippen LogP contribution in [0.2, 0.25) is 0 Å². The average molecular weight is 409 g/mol. The summed E-state index contributed by atoms with van der Waals surface area (Å²) >= 11 is 6.43. The molecule has 2 aromatic rings. The van der Waals surface area contributed by atoms with E-state index in [4.69, 9.17) is 0 Å². The standard InChI is InChI=1S/C13H17BrN2O2S3/c1-2-15-9-11-8-12(13(14)20-11)21(17,18)16-6-5-10-4-3-7-19-10/h3-4,7-8,15-16H,2,5-6,9H2,1H3. The van der Waals surface area contributed by atoms with Crippen molar-refractivity contribution in [1.82, 2.24) is 10.0 Å². The fraction of sp³-hybridized carbons (Fsp3) is 0.385. The van der Waals surface area contributed by atoms with Crippen LogP contribution in [0.5, 0.6) is 0 Å². The summed E-state index contributed by atoms with van der Waals surface area (Å²) in [7, 11) is -3.46. The maximum absolute atomic E-state index is 12.3. The Morgan fingerprint density at radius 1 is 1.33 bits per heavy atom. The minimum Gasteiger partial charge on any atom is -0.312 e. The molecule has 0 unspecified atom stereocenters. The third-order valence-electron chi connectivity index (χ3n) is 2.79. The van der Waals surface area contributed by atoms with Gasteiger partial charge in [-0.15, -0.1) is 22.7 Å². The largest absolute Gasteiger partial charge is 0.312 e. The smallest absolute Gasteiger partial charge is 0.242 e. The highest BCUT2D eigenvalue weighted by atomic mass is 79.9. The first kappa shape index (κ1) is 17.1. The van der Waals surface area contributed by atoms with E-state index in [0.717, 1.165) is 11.4 Å². The molecule has 2 rings (SSSR count). The van der Waals surface area contributed by atoms with Crippen molar-refractivity contribution >= 4 is 48.6 Å². The Kier molecular flexibility index (Phi) is 6.39. The van der Waals surface area contributed by atoms with Crippen LogP contribution in [0, 0.1) is 0 Å². The quantitative estimate of drug-likeness (QED) is 0.704. The lowest BCUT2D eigenvalue weighted by Gasteiger charge is -2.04. The van der Waals surface area contributed by atoms with Crippen LogP contribution in [0.15, 0.2) is 32.3 Å². The van der Waals surface area contributed by atoms with Crippen molar-refractivity contribution in [3.8, 4) is 0 Å². The van der Waals surface area contributed by atoms with Crippen LogP contribution in [0.25, 0.3) is 0 Å². The first-order valence-corrected chi connectivity index (χ1v) is 10.5. The van der Waals surface area contributed by atoms with Gasteiger partial charge in [-0.2, -0.15) is 0 Å². The molecule has 2 heterocycles. The molecule has 0 aliphatic carbocycles. The molecular formula is C13H17BrN2O2S3. The number of thiophene rings is 2. The molecule has 4 nitrogen and oxygen atoms in total. The number of nitrogens with one attached hydrogen (secondary N) is 2. The summed E-state index contributed by atoms with van der Waals surface area (Å²) in [5.74, 6) is 0. The Hall–Kier alpha value is -0.250. The van der Waals surface area contributed by atoms with Crippen molar-refractivity contribution < 1.29 is 8.42 Å². The molecule has 0 atom stereocenters. The first-order chi connectivity index (χ1) is 10.0. The van der Waals surface area contributed by atoms with Gasteiger partial charge in [0.15, 0.2) is 0 Å². The summed E-state index contributed by atoms with van der Waals surface area (Å²) in [5.41, 5.74) is 0. The Balaban J connectivity index is 1.99. The zero-order valence-corrected chi connectivity index (χ0v) is 15.6. The van der Waals surface area contributed by atoms with Crippen molar-refractivity contribution in [2.45, 2.75) is 24.8 Å². The van der Waals surface area contributed by atoms with E-state index in [2.05, 4.69) is 26.0 Å². The van der Waals surface area contributed by atoms with Gasteiger partial charge < -0.3 is 5.32 Å². The van der Waals surface area contributed by atoms with E-state index >= 15 is 0 Å². The van der Waals surface area contributed by atoms with Crippen molar-refractivity contribution in [3.05, 3.63) is 37.1 Å². The molecule has 0 saturated carbocycles. The highest BCUT2D eigenvalue weighted by molar-refractivity contribution is 9.11. The normalized spacial score (nSPS) is 11.9. The van der Waals surface area contributed by atoms with Crippen molar-refractivity contribution in [3.63, 3.8) is 0 Å². The maximum Gasteiger partial charge on any atom is 0.242 e. The molecule has 116 valence electrons. The number of sulfonamides is 1. The summed E-state index contributed by atoms with van der Waals surface area (Å²) in [5, 5.41) is 5.19. The van der Waals surface area contributed by atoms with Crippen LogP contribution >= 0.6 is 38.6 Å². The van der Waals surface area contributed by atoms with Gasteiger partial charge >= 0.3 is 0 Å². The van der Waals surface area contributed by atoms with Crippen LogP contribution in [-0.2, 0) is 23.0 Å². The maximum atomic E-state index is 12.3. The Morgan fingerprint density at radius 2 is 2.14 bits per heavy atom. The van der Waals surface area contributed by atoms with Crippen molar-refractivity contribution in [2.75, 3.05) is 13.1 Å². The van der Waals surface area contributed by atoms with E-state index in [1.807, 2.05) is 24.4 Å². The topological polar surface area (TPSA) is 58.2 Å². The monoisotopic (exact) mass is 408 g/mol. The summed E-state index contributed by atoms with van der Waals surface area (Å²) in [6.07, 6.45) is 0.711. The van der Waals surface area contributed by atoms with E-state index in [1.165, 1.54) is 16.2 Å². The highest BCUT2D eigenvalue weighted by Gasteiger charge is 2.20. The molecule has 0 aliphatic rings. The van der Waals surface area contributed by atoms with Crippen LogP contribution in [-0.4, -0.2) is 21.5 Å². The molecule has 0 spiro atoms. The molecular weight excluding hydrogens is 392 g/mol. The number of hydrogen-bond acceptors (Lipinski definition) is 5. The lowest BCUT2D eigenvalue weighted by molar-refractivity contribution is 0.581. The lowest BCUT2D eigenvalue weighted by atomic mass is 10.3. The number of halogens is 1. The third-order valence-corrected chi connectivity index (χ3v) is 7.44. The molecule has 0 aromatic carbocycles. The lowest BCUT2D eigenvalue weighted by Crippen LogP contribution is -2.25. The second-order valence-electron chi connectivity index (χ2n) is 4.36. The minimum atomic E-state index is -3.46. The van der Waals surface area contributed by atoms with E-state index < -0.39 is 10.0 Å². The van der Waals surface area contributed by atoms with Gasteiger partial charge in [0.25, 0.3) is 0 Å². The molecule has 0 aliphatic heterocycles. The molecule has 21 heavy (non-hydrogen) atoms. The minimum absolute atomic E-state index is 0.326. The molecule has 2 N–H and O–H groups in total. The zero-order valence-electron chi connectivity index (χ0n) is 11.6. The molecule has 0 radical (unpaired) electrons. The summed E-state index contributed by atoms with van der Waals surface area (Å²) in [4.78, 5) is 2.50. The van der Waals surface area contributed by atoms with Crippen LogP contribution in [0.1, 0.15) is 16.7 Å². The van der Waals surface area contributed by atoms with Crippen molar-refractivity contribution in [2.24, 2.45) is 0 Å². The summed E-state index contributed by atoms with van der Waals surface area (Å²) in [6.45, 7) is 3.97. The first-order valence-electron chi connectivity index (χ1n) is 6.54. The second kappa shape index (κ2) is 7.85. The Bertz CT molecular complexity index is 666. The Labute approximate surface area is 141 Å². The molecule has 0 saturated heterocycles. The molecule has 2 aromatic heterocycles. The molecule has 0 amide bonds. The molecule has 8 heteroatoms. The number of hydrogen-bond donors (Lipinski definition) is 2. The van der Waals surface area contributed by atoms with Gasteiger partial charge in [0, 0.05) is 22.8 Å². The third kappa shape index (κ3) is 4.87. The average Bonchev–Trinajstić information content (AvgIpc) is 3.06. The Morgan fingerprint density at radius 3 is 2.81 bits per heavy atom. The molecule has 0 bridgehead atoms. The highest BCUT2D eigenvalue weighted by Crippen LogP contribution is 2.31. The van der Waals surface area contributed by atoms with Gasteiger partial charge in [0.1, 0.15) is 4.90 Å². The number of rotatable bonds is 8. The van der Waals surface area contributed by atoms with Crippen molar-refractivity contribution in [1.29, 1.82) is 0 Å². The van der Waals surface area contributed by atoms with Gasteiger partial charge in [-0.1, -0.05) is 13.0 Å². The fourth-order valence-electron chi connectivity index (χ4n) is 1.76. The van der Waals surface area contributed by atoms with E-state index in [9.17, 15) is 8.42 Å².